The maximum absolute atomic E-state index is 12.5. The van der Waals surface area contributed by atoms with Crippen molar-refractivity contribution >= 4 is 23.3 Å². The van der Waals surface area contributed by atoms with Gasteiger partial charge in [-0.15, -0.1) is 0 Å². The van der Waals surface area contributed by atoms with Crippen molar-refractivity contribution in [2.75, 3.05) is 0 Å². The summed E-state index contributed by atoms with van der Waals surface area (Å²) in [4.78, 5) is 0. The lowest BCUT2D eigenvalue weighted by Crippen LogP contribution is -2.03. The summed E-state index contributed by atoms with van der Waals surface area (Å²) in [5.74, 6) is 0. The molecule has 0 aliphatic heterocycles. The Morgan fingerprint density at radius 2 is 1.67 bits per heavy atom. The lowest BCUT2D eigenvalue weighted by molar-refractivity contribution is -0.137. The van der Waals surface area contributed by atoms with Gasteiger partial charge in [0.25, 0.3) is 0 Å². The molecule has 0 atom stereocenters. The van der Waals surface area contributed by atoms with Crippen LogP contribution in [0.4, 0.5) is 13.2 Å². The van der Waals surface area contributed by atoms with E-state index in [-0.39, 0.29) is 0 Å². The van der Waals surface area contributed by atoms with E-state index in [1.54, 1.807) is 24.3 Å². The number of benzene rings is 2. The van der Waals surface area contributed by atoms with E-state index in [1.165, 1.54) is 18.2 Å². The molecule has 0 bridgehead atoms. The van der Waals surface area contributed by atoms with Crippen molar-refractivity contribution in [3.05, 3.63) is 70.2 Å². The number of halogens is 4. The zero-order valence-electron chi connectivity index (χ0n) is 10.7. The second kappa shape index (κ2) is 6.02. The van der Waals surface area contributed by atoms with E-state index in [9.17, 15) is 18.4 Å². The van der Waals surface area contributed by atoms with Crippen molar-refractivity contribution < 1.29 is 13.2 Å². The molecule has 0 spiro atoms. The van der Waals surface area contributed by atoms with E-state index in [2.05, 4.69) is 0 Å². The zero-order valence-corrected chi connectivity index (χ0v) is 11.4. The molecule has 0 radical (unpaired) electrons. The number of allylic oxidation sites excluding steroid dienone is 1. The highest BCUT2D eigenvalue weighted by molar-refractivity contribution is 6.32. The molecule has 0 aliphatic rings. The first-order valence-corrected chi connectivity index (χ1v) is 6.33. The highest BCUT2D eigenvalue weighted by atomic mass is 35.5. The van der Waals surface area contributed by atoms with E-state index in [1.807, 2.05) is 6.07 Å². The Balaban J connectivity index is 2.38. The van der Waals surface area contributed by atoms with Crippen LogP contribution in [0.2, 0.25) is 5.02 Å². The third kappa shape index (κ3) is 3.65. The Labute approximate surface area is 124 Å². The molecule has 0 amide bonds. The molecule has 0 N–H and O–H groups in total. The number of hydrogen-bond acceptors (Lipinski definition) is 1. The van der Waals surface area contributed by atoms with Crippen LogP contribution in [0, 0.1) is 11.3 Å². The minimum atomic E-state index is -4.37. The highest BCUT2D eigenvalue weighted by Gasteiger charge is 2.29. The minimum absolute atomic E-state index is 0.292. The van der Waals surface area contributed by atoms with E-state index in [0.717, 1.165) is 12.1 Å². The summed E-state index contributed by atoms with van der Waals surface area (Å²) in [5, 5.41) is 9.61. The van der Waals surface area contributed by atoms with Gasteiger partial charge in [-0.2, -0.15) is 18.4 Å². The molecule has 0 saturated heterocycles. The molecule has 0 unspecified atom stereocenters. The molecule has 106 valence electrons. The fourth-order valence-corrected chi connectivity index (χ4v) is 2.02. The molecule has 0 aliphatic carbocycles. The van der Waals surface area contributed by atoms with Gasteiger partial charge in [0.2, 0.25) is 0 Å². The largest absolute Gasteiger partial charge is 0.416 e. The van der Waals surface area contributed by atoms with Crippen LogP contribution in [0.1, 0.15) is 16.7 Å². The molecule has 1 nitrogen and oxygen atoms in total. The molecule has 0 fully saturated rings. The summed E-state index contributed by atoms with van der Waals surface area (Å²) in [6.45, 7) is 0. The lowest BCUT2D eigenvalue weighted by Gasteiger charge is -2.06. The van der Waals surface area contributed by atoms with Crippen molar-refractivity contribution in [3.8, 4) is 6.07 Å². The van der Waals surface area contributed by atoms with Crippen LogP contribution >= 0.6 is 11.6 Å². The standard InChI is InChI=1S/C16H9ClF3N/c17-15-4-2-1-3-14(15)12(10-21)9-11-5-7-13(8-6-11)16(18,19)20/h1-9H. The van der Waals surface area contributed by atoms with Gasteiger partial charge in [-0.05, 0) is 29.8 Å². The van der Waals surface area contributed by atoms with Gasteiger partial charge in [-0.3, -0.25) is 0 Å². The number of rotatable bonds is 2. The molecular formula is C16H9ClF3N. The molecule has 21 heavy (non-hydrogen) atoms. The Hall–Kier alpha value is -2.25. The van der Waals surface area contributed by atoms with Gasteiger partial charge >= 0.3 is 6.18 Å². The van der Waals surface area contributed by atoms with Gasteiger partial charge in [0, 0.05) is 10.6 Å². The predicted octanol–water partition coefficient (Wildman–Crippen LogP) is 5.42. The van der Waals surface area contributed by atoms with Crippen LogP contribution in [0.15, 0.2) is 48.5 Å². The third-order valence-electron chi connectivity index (χ3n) is 2.83. The normalized spacial score (nSPS) is 12.0. The van der Waals surface area contributed by atoms with Crippen LogP contribution in [0.5, 0.6) is 0 Å². The maximum atomic E-state index is 12.5. The number of nitrogens with zero attached hydrogens (tertiary/aromatic N) is 1. The number of alkyl halides is 3. The average molecular weight is 308 g/mol. The highest BCUT2D eigenvalue weighted by Crippen LogP contribution is 2.30. The predicted molar refractivity (Wildman–Crippen MR) is 76.4 cm³/mol. The van der Waals surface area contributed by atoms with E-state index in [4.69, 9.17) is 11.6 Å². The summed E-state index contributed by atoms with van der Waals surface area (Å²) in [6.07, 6.45) is -2.87. The second-order valence-electron chi connectivity index (χ2n) is 4.27. The maximum Gasteiger partial charge on any atom is 0.416 e. The van der Waals surface area contributed by atoms with Crippen molar-refractivity contribution in [3.63, 3.8) is 0 Å². The van der Waals surface area contributed by atoms with Crippen LogP contribution in [-0.2, 0) is 6.18 Å². The fraction of sp³-hybridized carbons (Fsp3) is 0.0625. The molecule has 0 heterocycles. The molecule has 2 rings (SSSR count). The number of hydrogen-bond donors (Lipinski definition) is 0. The summed E-state index contributed by atoms with van der Waals surface area (Å²) >= 11 is 6.01. The summed E-state index contributed by atoms with van der Waals surface area (Å²) in [5.41, 5.74) is 0.609. The van der Waals surface area contributed by atoms with Gasteiger partial charge in [-0.1, -0.05) is 41.9 Å². The molecular weight excluding hydrogens is 299 g/mol. The van der Waals surface area contributed by atoms with Gasteiger partial charge in [0.15, 0.2) is 0 Å². The smallest absolute Gasteiger partial charge is 0.192 e. The van der Waals surface area contributed by atoms with Crippen molar-refractivity contribution in [2.45, 2.75) is 6.18 Å². The Morgan fingerprint density at radius 3 is 2.19 bits per heavy atom. The summed E-state index contributed by atoms with van der Waals surface area (Å²) in [7, 11) is 0. The Kier molecular flexibility index (Phi) is 4.35. The Bertz CT molecular complexity index is 710. The van der Waals surface area contributed by atoms with Gasteiger partial charge in [0.05, 0.1) is 17.2 Å². The molecule has 0 aromatic heterocycles. The van der Waals surface area contributed by atoms with Crippen LogP contribution in [0.3, 0.4) is 0 Å². The van der Waals surface area contributed by atoms with Crippen molar-refractivity contribution in [2.24, 2.45) is 0 Å². The molecule has 2 aromatic rings. The van der Waals surface area contributed by atoms with Gasteiger partial charge < -0.3 is 0 Å². The quantitative estimate of drug-likeness (QED) is 0.536. The zero-order chi connectivity index (χ0) is 15.5. The molecule has 2 aromatic carbocycles. The second-order valence-corrected chi connectivity index (χ2v) is 4.68. The van der Waals surface area contributed by atoms with Crippen LogP contribution in [-0.4, -0.2) is 0 Å². The first kappa shape index (κ1) is 15.1. The summed E-state index contributed by atoms with van der Waals surface area (Å²) < 4.78 is 37.4. The fourth-order valence-electron chi connectivity index (χ4n) is 1.78. The average Bonchev–Trinajstić information content (AvgIpc) is 2.45. The summed E-state index contributed by atoms with van der Waals surface area (Å²) in [6, 6.07) is 13.4. The van der Waals surface area contributed by atoms with E-state index in [0.29, 0.717) is 21.7 Å². The van der Waals surface area contributed by atoms with Crippen LogP contribution in [0.25, 0.3) is 11.6 Å². The van der Waals surface area contributed by atoms with Crippen molar-refractivity contribution in [1.29, 1.82) is 5.26 Å². The minimum Gasteiger partial charge on any atom is -0.192 e. The lowest BCUT2D eigenvalue weighted by atomic mass is 10.0. The molecule has 5 heteroatoms. The van der Waals surface area contributed by atoms with E-state index >= 15 is 0 Å². The van der Waals surface area contributed by atoms with Crippen LogP contribution < -0.4 is 0 Å². The first-order chi connectivity index (χ1) is 9.91. The molecule has 0 saturated carbocycles. The van der Waals surface area contributed by atoms with Crippen molar-refractivity contribution in [1.82, 2.24) is 0 Å². The third-order valence-corrected chi connectivity index (χ3v) is 3.16. The monoisotopic (exact) mass is 307 g/mol. The topological polar surface area (TPSA) is 23.8 Å². The first-order valence-electron chi connectivity index (χ1n) is 5.96. The SMILES string of the molecule is N#CC(=Cc1ccc(C(F)(F)F)cc1)c1ccccc1Cl. The van der Waals surface area contributed by atoms with Gasteiger partial charge in [0.1, 0.15) is 0 Å². The Morgan fingerprint density at radius 1 is 1.05 bits per heavy atom. The van der Waals surface area contributed by atoms with Gasteiger partial charge in [-0.25, -0.2) is 0 Å². The number of nitriles is 1. The van der Waals surface area contributed by atoms with E-state index < -0.39 is 11.7 Å².